The van der Waals surface area contributed by atoms with E-state index in [4.69, 9.17) is 4.74 Å². The van der Waals surface area contributed by atoms with Crippen LogP contribution in [0, 0.1) is 0 Å². The second-order valence-electron chi connectivity index (χ2n) is 2.89. The molecule has 1 aromatic rings. The third-order valence-corrected chi connectivity index (χ3v) is 2.08. The van der Waals surface area contributed by atoms with E-state index < -0.39 is 0 Å². The lowest BCUT2D eigenvalue weighted by Gasteiger charge is -2.16. The number of methoxy groups -OCH3 is 1. The third-order valence-electron chi connectivity index (χ3n) is 2.08. The summed E-state index contributed by atoms with van der Waals surface area (Å²) < 4.78 is 5.03. The molecule has 0 aromatic carbocycles. The van der Waals surface area contributed by atoms with Crippen molar-refractivity contribution in [3.05, 3.63) is 17.7 Å². The summed E-state index contributed by atoms with van der Waals surface area (Å²) in [5, 5.41) is 3.25. The Kier molecular flexibility index (Phi) is 1.86. The van der Waals surface area contributed by atoms with E-state index in [9.17, 15) is 0 Å². The van der Waals surface area contributed by atoms with Crippen molar-refractivity contribution in [1.29, 1.82) is 0 Å². The Morgan fingerprint density at radius 3 is 3.25 bits per heavy atom. The molecule has 1 aliphatic heterocycles. The van der Waals surface area contributed by atoms with Crippen molar-refractivity contribution in [1.82, 2.24) is 4.98 Å². The summed E-state index contributed by atoms with van der Waals surface area (Å²) in [5.41, 5.74) is 1.29. The van der Waals surface area contributed by atoms with Gasteiger partial charge in [-0.3, -0.25) is 0 Å². The van der Waals surface area contributed by atoms with Gasteiger partial charge in [-0.2, -0.15) is 4.98 Å². The lowest BCUT2D eigenvalue weighted by atomic mass is 10.1. The molecule has 0 spiro atoms. The van der Waals surface area contributed by atoms with E-state index in [1.165, 1.54) is 12.0 Å². The molecule has 0 atom stereocenters. The van der Waals surface area contributed by atoms with Crippen LogP contribution in [0.4, 0.5) is 5.82 Å². The fourth-order valence-corrected chi connectivity index (χ4v) is 1.42. The van der Waals surface area contributed by atoms with Gasteiger partial charge >= 0.3 is 0 Å². The van der Waals surface area contributed by atoms with E-state index >= 15 is 0 Å². The van der Waals surface area contributed by atoms with Gasteiger partial charge in [-0.25, -0.2) is 0 Å². The lowest BCUT2D eigenvalue weighted by Crippen LogP contribution is -2.13. The van der Waals surface area contributed by atoms with Gasteiger partial charge in [0.25, 0.3) is 0 Å². The summed E-state index contributed by atoms with van der Waals surface area (Å²) in [5.74, 6) is 1.67. The number of nitrogens with zero attached hydrogens (tertiary/aromatic N) is 1. The molecule has 0 bridgehead atoms. The molecule has 0 saturated heterocycles. The van der Waals surface area contributed by atoms with Crippen LogP contribution in [-0.4, -0.2) is 18.6 Å². The first-order chi connectivity index (χ1) is 5.90. The van der Waals surface area contributed by atoms with Crippen LogP contribution < -0.4 is 10.1 Å². The molecular formula is C9H12N2O. The summed E-state index contributed by atoms with van der Waals surface area (Å²) in [6.45, 7) is 1.02. The summed E-state index contributed by atoms with van der Waals surface area (Å²) in [6, 6.07) is 3.99. The second kappa shape index (κ2) is 3.01. The molecule has 1 aliphatic rings. The Morgan fingerprint density at radius 1 is 1.50 bits per heavy atom. The number of ether oxygens (including phenoxy) is 1. The number of hydrogen-bond acceptors (Lipinski definition) is 3. The fourth-order valence-electron chi connectivity index (χ4n) is 1.42. The van der Waals surface area contributed by atoms with E-state index in [1.54, 1.807) is 7.11 Å². The van der Waals surface area contributed by atoms with Crippen molar-refractivity contribution in [2.24, 2.45) is 0 Å². The minimum absolute atomic E-state index is 0.683. The van der Waals surface area contributed by atoms with Gasteiger partial charge in [0.15, 0.2) is 0 Å². The van der Waals surface area contributed by atoms with E-state index in [2.05, 4.69) is 16.4 Å². The Morgan fingerprint density at radius 2 is 2.42 bits per heavy atom. The molecule has 0 saturated carbocycles. The molecule has 2 heterocycles. The highest BCUT2D eigenvalue weighted by molar-refractivity contribution is 5.48. The quantitative estimate of drug-likeness (QED) is 0.682. The van der Waals surface area contributed by atoms with Crippen LogP contribution in [0.25, 0.3) is 0 Å². The smallest absolute Gasteiger partial charge is 0.214 e. The number of anilines is 1. The van der Waals surface area contributed by atoms with E-state index in [0.29, 0.717) is 5.88 Å². The predicted octanol–water partition coefficient (Wildman–Crippen LogP) is 1.45. The van der Waals surface area contributed by atoms with Crippen molar-refractivity contribution in [3.63, 3.8) is 0 Å². The first-order valence-electron chi connectivity index (χ1n) is 4.18. The Bertz CT molecular complexity index is 286. The summed E-state index contributed by atoms with van der Waals surface area (Å²) in [6.07, 6.45) is 2.32. The normalized spacial score (nSPS) is 14.8. The lowest BCUT2D eigenvalue weighted by molar-refractivity contribution is 0.398. The van der Waals surface area contributed by atoms with Gasteiger partial charge in [0.2, 0.25) is 5.88 Å². The van der Waals surface area contributed by atoms with Gasteiger partial charge in [-0.05, 0) is 24.5 Å². The summed E-state index contributed by atoms with van der Waals surface area (Å²) in [4.78, 5) is 4.30. The van der Waals surface area contributed by atoms with Crippen LogP contribution in [0.5, 0.6) is 5.88 Å². The molecule has 0 fully saturated rings. The standard InChI is InChI=1S/C9H12N2O/c1-12-8-5-4-7-3-2-6-10-9(7)11-8/h4-5H,2-3,6H2,1H3,(H,10,11). The van der Waals surface area contributed by atoms with E-state index in [1.807, 2.05) is 6.07 Å². The largest absolute Gasteiger partial charge is 0.481 e. The van der Waals surface area contributed by atoms with E-state index in [-0.39, 0.29) is 0 Å². The average Bonchev–Trinajstić information content (AvgIpc) is 2.17. The van der Waals surface area contributed by atoms with Gasteiger partial charge in [0.05, 0.1) is 7.11 Å². The Balaban J connectivity index is 2.36. The zero-order valence-corrected chi connectivity index (χ0v) is 7.13. The Labute approximate surface area is 71.8 Å². The molecule has 64 valence electrons. The van der Waals surface area contributed by atoms with Crippen molar-refractivity contribution in [2.75, 3.05) is 19.0 Å². The molecule has 0 unspecified atom stereocenters. The van der Waals surface area contributed by atoms with E-state index in [0.717, 1.165) is 18.8 Å². The molecule has 1 N–H and O–H groups in total. The van der Waals surface area contributed by atoms with Crippen LogP contribution in [-0.2, 0) is 6.42 Å². The SMILES string of the molecule is COc1ccc2c(n1)NCCC2. The number of hydrogen-bond donors (Lipinski definition) is 1. The molecular weight excluding hydrogens is 152 g/mol. The molecule has 3 nitrogen and oxygen atoms in total. The molecule has 0 radical (unpaired) electrons. The van der Waals surface area contributed by atoms with Gasteiger partial charge in [0.1, 0.15) is 5.82 Å². The minimum Gasteiger partial charge on any atom is -0.481 e. The monoisotopic (exact) mass is 164 g/mol. The van der Waals surface area contributed by atoms with Crippen molar-refractivity contribution < 1.29 is 4.74 Å². The zero-order chi connectivity index (χ0) is 8.39. The molecule has 3 heteroatoms. The first kappa shape index (κ1) is 7.40. The minimum atomic E-state index is 0.683. The van der Waals surface area contributed by atoms with Gasteiger partial charge in [-0.15, -0.1) is 0 Å². The summed E-state index contributed by atoms with van der Waals surface area (Å²) in [7, 11) is 1.64. The maximum absolute atomic E-state index is 5.03. The zero-order valence-electron chi connectivity index (χ0n) is 7.13. The topological polar surface area (TPSA) is 34.1 Å². The van der Waals surface area contributed by atoms with Crippen LogP contribution in [0.2, 0.25) is 0 Å². The van der Waals surface area contributed by atoms with Crippen molar-refractivity contribution in [3.8, 4) is 5.88 Å². The Hall–Kier alpha value is -1.25. The first-order valence-corrected chi connectivity index (χ1v) is 4.18. The van der Waals surface area contributed by atoms with Crippen molar-refractivity contribution in [2.45, 2.75) is 12.8 Å². The molecule has 12 heavy (non-hydrogen) atoms. The molecule has 0 aliphatic carbocycles. The number of pyridine rings is 1. The highest BCUT2D eigenvalue weighted by Gasteiger charge is 2.09. The summed E-state index contributed by atoms with van der Waals surface area (Å²) >= 11 is 0. The van der Waals surface area contributed by atoms with Gasteiger partial charge in [-0.1, -0.05) is 0 Å². The second-order valence-corrected chi connectivity index (χ2v) is 2.89. The number of aryl methyl sites for hydroxylation is 1. The number of fused-ring (bicyclic) bond motifs is 1. The average molecular weight is 164 g/mol. The highest BCUT2D eigenvalue weighted by Crippen LogP contribution is 2.21. The van der Waals surface area contributed by atoms with Crippen molar-refractivity contribution >= 4 is 5.82 Å². The number of aromatic nitrogens is 1. The van der Waals surface area contributed by atoms with Crippen LogP contribution in [0.3, 0.4) is 0 Å². The van der Waals surface area contributed by atoms with Crippen LogP contribution in [0.1, 0.15) is 12.0 Å². The molecule has 2 rings (SSSR count). The van der Waals surface area contributed by atoms with Gasteiger partial charge in [0, 0.05) is 12.6 Å². The predicted molar refractivity (Wildman–Crippen MR) is 47.6 cm³/mol. The highest BCUT2D eigenvalue weighted by atomic mass is 16.5. The fraction of sp³-hybridized carbons (Fsp3) is 0.444. The molecule has 0 amide bonds. The number of rotatable bonds is 1. The third kappa shape index (κ3) is 1.22. The van der Waals surface area contributed by atoms with Crippen LogP contribution >= 0.6 is 0 Å². The van der Waals surface area contributed by atoms with Crippen LogP contribution in [0.15, 0.2) is 12.1 Å². The maximum Gasteiger partial charge on any atom is 0.214 e. The number of nitrogens with one attached hydrogen (secondary N) is 1. The molecule has 1 aromatic heterocycles. The maximum atomic E-state index is 5.03. The van der Waals surface area contributed by atoms with Gasteiger partial charge < -0.3 is 10.1 Å².